The van der Waals surface area contributed by atoms with E-state index in [1.807, 2.05) is 0 Å². The van der Waals surface area contributed by atoms with E-state index in [0.29, 0.717) is 5.56 Å². The molecule has 2 aromatic rings. The normalized spacial score (nSPS) is 10.1. The molecule has 80 valence electrons. The maximum absolute atomic E-state index is 11.9. The van der Waals surface area contributed by atoms with Crippen LogP contribution in [0, 0.1) is 0 Å². The largest absolute Gasteiger partial charge is 0.492 e. The van der Waals surface area contributed by atoms with Crippen LogP contribution in [0.5, 0.6) is 0 Å². The summed E-state index contributed by atoms with van der Waals surface area (Å²) in [5.41, 5.74) is 0.521. The first-order valence-corrected chi connectivity index (χ1v) is 4.73. The average molecular weight is 216 g/mol. The van der Waals surface area contributed by atoms with Gasteiger partial charge in [0.2, 0.25) is 5.78 Å². The fourth-order valence-electron chi connectivity index (χ4n) is 1.43. The van der Waals surface area contributed by atoms with Crippen LogP contribution in [0.25, 0.3) is 0 Å². The van der Waals surface area contributed by atoms with E-state index in [4.69, 9.17) is 14.5 Å². The van der Waals surface area contributed by atoms with Crippen LogP contribution in [-0.4, -0.2) is 22.9 Å². The molecule has 0 radical (unpaired) electrons. The predicted octanol–water partition coefficient (Wildman–Crippen LogP) is 0.190. The molecule has 0 unspecified atom stereocenters. The molecule has 2 N–H and O–H groups in total. The van der Waals surface area contributed by atoms with Crippen LogP contribution >= 0.6 is 0 Å². The van der Waals surface area contributed by atoms with Gasteiger partial charge < -0.3 is 14.5 Å². The van der Waals surface area contributed by atoms with E-state index < -0.39 is 7.12 Å². The van der Waals surface area contributed by atoms with Crippen LogP contribution in [-0.2, 0) is 0 Å². The van der Waals surface area contributed by atoms with Crippen molar-refractivity contribution in [2.24, 2.45) is 0 Å². The Morgan fingerprint density at radius 3 is 2.44 bits per heavy atom. The van der Waals surface area contributed by atoms with Gasteiger partial charge in [0, 0.05) is 11.0 Å². The van der Waals surface area contributed by atoms with Crippen LogP contribution in [0.4, 0.5) is 0 Å². The minimum Gasteiger partial charge on any atom is -0.461 e. The summed E-state index contributed by atoms with van der Waals surface area (Å²) in [7, 11) is -1.71. The van der Waals surface area contributed by atoms with Gasteiger partial charge in [-0.15, -0.1) is 0 Å². The summed E-state index contributed by atoms with van der Waals surface area (Å²) in [6.07, 6.45) is 1.25. The third-order valence-electron chi connectivity index (χ3n) is 2.22. The highest BCUT2D eigenvalue weighted by Crippen LogP contribution is 2.08. The Morgan fingerprint density at radius 2 is 1.81 bits per heavy atom. The summed E-state index contributed by atoms with van der Waals surface area (Å²) in [4.78, 5) is 11.9. The smallest absolute Gasteiger partial charge is 0.461 e. The van der Waals surface area contributed by atoms with Crippen molar-refractivity contribution < 1.29 is 19.3 Å². The Morgan fingerprint density at radius 1 is 1.12 bits per heavy atom. The van der Waals surface area contributed by atoms with Crippen LogP contribution in [0.2, 0.25) is 0 Å². The van der Waals surface area contributed by atoms with E-state index in [-0.39, 0.29) is 17.0 Å². The van der Waals surface area contributed by atoms with Crippen molar-refractivity contribution >= 4 is 18.4 Å². The first kappa shape index (κ1) is 10.7. The number of ketones is 1. The topological polar surface area (TPSA) is 70.7 Å². The van der Waals surface area contributed by atoms with Gasteiger partial charge in [-0.3, -0.25) is 4.79 Å². The molecular formula is C11H9BO4. The lowest BCUT2D eigenvalue weighted by Gasteiger charge is -2.00. The van der Waals surface area contributed by atoms with E-state index in [1.165, 1.54) is 12.3 Å². The summed E-state index contributed by atoms with van der Waals surface area (Å²) in [6.45, 7) is 0. The number of carbonyl (C=O) groups is 1. The molecule has 0 atom stereocenters. The van der Waals surface area contributed by atoms with Crippen molar-refractivity contribution in [2.45, 2.75) is 0 Å². The SMILES string of the molecule is O=C(c1ccccc1)c1occc1B(O)O. The van der Waals surface area contributed by atoms with Crippen molar-refractivity contribution in [1.29, 1.82) is 0 Å². The second kappa shape index (κ2) is 4.34. The standard InChI is InChI=1S/C11H9BO4/c13-10(8-4-2-1-3-5-8)11-9(12(14)15)6-7-16-11/h1-7,14-15H. The van der Waals surface area contributed by atoms with Gasteiger partial charge >= 0.3 is 7.12 Å². The summed E-state index contributed by atoms with van der Waals surface area (Å²) < 4.78 is 4.97. The van der Waals surface area contributed by atoms with Gasteiger partial charge in [-0.05, 0) is 6.07 Å². The van der Waals surface area contributed by atoms with Crippen molar-refractivity contribution in [3.05, 3.63) is 54.0 Å². The van der Waals surface area contributed by atoms with Crippen molar-refractivity contribution in [3.63, 3.8) is 0 Å². The van der Waals surface area contributed by atoms with Gasteiger partial charge in [-0.1, -0.05) is 30.3 Å². The lowest BCUT2D eigenvalue weighted by molar-refractivity contribution is 0.101. The molecule has 0 amide bonds. The Balaban J connectivity index is 2.39. The van der Waals surface area contributed by atoms with Crippen LogP contribution in [0.15, 0.2) is 47.1 Å². The van der Waals surface area contributed by atoms with E-state index in [1.54, 1.807) is 30.3 Å². The number of rotatable bonds is 3. The molecule has 0 aliphatic rings. The second-order valence-corrected chi connectivity index (χ2v) is 3.27. The zero-order chi connectivity index (χ0) is 11.5. The molecule has 5 heteroatoms. The third-order valence-corrected chi connectivity index (χ3v) is 2.22. The first-order chi connectivity index (χ1) is 7.70. The molecule has 0 bridgehead atoms. The third kappa shape index (κ3) is 1.91. The van der Waals surface area contributed by atoms with Gasteiger partial charge in [0.1, 0.15) is 0 Å². The molecule has 2 rings (SSSR count). The van der Waals surface area contributed by atoms with Gasteiger partial charge in [0.05, 0.1) is 6.26 Å². The first-order valence-electron chi connectivity index (χ1n) is 4.73. The zero-order valence-corrected chi connectivity index (χ0v) is 8.33. The van der Waals surface area contributed by atoms with Gasteiger partial charge in [0.15, 0.2) is 5.76 Å². The fraction of sp³-hybridized carbons (Fsp3) is 0. The summed E-state index contributed by atoms with van der Waals surface area (Å²) in [5, 5.41) is 18.1. The number of hydrogen-bond acceptors (Lipinski definition) is 4. The molecular weight excluding hydrogens is 207 g/mol. The number of furan rings is 1. The quantitative estimate of drug-likeness (QED) is 0.567. The van der Waals surface area contributed by atoms with Crippen molar-refractivity contribution in [2.75, 3.05) is 0 Å². The Labute approximate surface area is 92.3 Å². The Kier molecular flexibility index (Phi) is 2.89. The molecule has 0 fully saturated rings. The van der Waals surface area contributed by atoms with Gasteiger partial charge in [0.25, 0.3) is 0 Å². The number of carbonyl (C=O) groups excluding carboxylic acids is 1. The van der Waals surface area contributed by atoms with Crippen LogP contribution in [0.3, 0.4) is 0 Å². The highest BCUT2D eigenvalue weighted by Gasteiger charge is 2.24. The van der Waals surface area contributed by atoms with Crippen molar-refractivity contribution in [3.8, 4) is 0 Å². The molecule has 0 spiro atoms. The molecule has 0 aliphatic carbocycles. The van der Waals surface area contributed by atoms with Crippen LogP contribution < -0.4 is 5.46 Å². The average Bonchev–Trinajstić information content (AvgIpc) is 2.78. The molecule has 1 aromatic carbocycles. The van der Waals surface area contributed by atoms with Gasteiger partial charge in [-0.2, -0.15) is 0 Å². The summed E-state index contributed by atoms with van der Waals surface area (Å²) in [5.74, 6) is -0.407. The molecule has 1 aromatic heterocycles. The lowest BCUT2D eigenvalue weighted by Crippen LogP contribution is -2.32. The summed E-state index contributed by atoms with van der Waals surface area (Å²) >= 11 is 0. The monoisotopic (exact) mass is 216 g/mol. The minimum atomic E-state index is -1.71. The minimum absolute atomic E-state index is 0.0406. The molecule has 4 nitrogen and oxygen atoms in total. The molecule has 0 saturated carbocycles. The second-order valence-electron chi connectivity index (χ2n) is 3.27. The van der Waals surface area contributed by atoms with E-state index in [2.05, 4.69) is 0 Å². The van der Waals surface area contributed by atoms with E-state index in [0.717, 1.165) is 0 Å². The number of hydrogen-bond donors (Lipinski definition) is 2. The number of benzene rings is 1. The highest BCUT2D eigenvalue weighted by molar-refractivity contribution is 6.60. The molecule has 0 saturated heterocycles. The maximum Gasteiger partial charge on any atom is 0.492 e. The zero-order valence-electron chi connectivity index (χ0n) is 8.33. The van der Waals surface area contributed by atoms with Crippen molar-refractivity contribution in [1.82, 2.24) is 0 Å². The Bertz CT molecular complexity index is 490. The van der Waals surface area contributed by atoms with Gasteiger partial charge in [-0.25, -0.2) is 0 Å². The lowest BCUT2D eigenvalue weighted by atomic mass is 9.79. The Hall–Kier alpha value is -1.85. The molecule has 0 aliphatic heterocycles. The predicted molar refractivity (Wildman–Crippen MR) is 58.4 cm³/mol. The highest BCUT2D eigenvalue weighted by atomic mass is 16.4. The van der Waals surface area contributed by atoms with E-state index in [9.17, 15) is 4.79 Å². The van der Waals surface area contributed by atoms with Crippen LogP contribution in [0.1, 0.15) is 16.1 Å². The molecule has 1 heterocycles. The summed E-state index contributed by atoms with van der Waals surface area (Å²) in [6, 6.07) is 9.88. The fourth-order valence-corrected chi connectivity index (χ4v) is 1.43. The van der Waals surface area contributed by atoms with E-state index >= 15 is 0 Å². The molecule has 16 heavy (non-hydrogen) atoms. The maximum atomic E-state index is 11.9.